The molecule has 1 fully saturated rings. The molecule has 190 valence electrons. The van der Waals surface area contributed by atoms with Crippen molar-refractivity contribution in [2.45, 2.75) is 52.8 Å². The maximum Gasteiger partial charge on any atom is 0.322 e. The Morgan fingerprint density at radius 3 is 2.33 bits per heavy atom. The molecule has 1 atom stereocenters. The van der Waals surface area contributed by atoms with Gasteiger partial charge in [0.05, 0.1) is 12.6 Å². The number of amides is 3. The third-order valence-electron chi connectivity index (χ3n) is 6.65. The third-order valence-corrected chi connectivity index (χ3v) is 7.65. The molecule has 0 aliphatic carbocycles. The lowest BCUT2D eigenvalue weighted by molar-refractivity contribution is -0.133. The van der Waals surface area contributed by atoms with Crippen LogP contribution in [0.1, 0.15) is 40.0 Å². The van der Waals surface area contributed by atoms with Crippen LogP contribution in [0.15, 0.2) is 60.0 Å². The van der Waals surface area contributed by atoms with E-state index in [1.54, 1.807) is 16.2 Å². The van der Waals surface area contributed by atoms with E-state index < -0.39 is 0 Å². The quantitative estimate of drug-likeness (QED) is 0.393. The summed E-state index contributed by atoms with van der Waals surface area (Å²) in [4.78, 5) is 31.8. The molecule has 1 unspecified atom stereocenters. The number of anilines is 1. The van der Waals surface area contributed by atoms with Crippen molar-refractivity contribution in [1.29, 1.82) is 0 Å². The number of benzene rings is 2. The summed E-state index contributed by atoms with van der Waals surface area (Å²) >= 11 is 1.66. The first kappa shape index (κ1) is 25.9. The van der Waals surface area contributed by atoms with Crippen LogP contribution in [0.25, 0.3) is 0 Å². The molecule has 3 amide bonds. The molecule has 1 aliphatic heterocycles. The number of urea groups is 1. The van der Waals surface area contributed by atoms with Gasteiger partial charge in [-0.1, -0.05) is 48.5 Å². The van der Waals surface area contributed by atoms with E-state index in [0.29, 0.717) is 26.2 Å². The Morgan fingerprint density at radius 1 is 0.944 bits per heavy atom. The Hall–Kier alpha value is -3.16. The zero-order valence-electron chi connectivity index (χ0n) is 21.3. The van der Waals surface area contributed by atoms with E-state index in [1.165, 1.54) is 5.56 Å². The van der Waals surface area contributed by atoms with E-state index in [9.17, 15) is 9.59 Å². The molecule has 2 heterocycles. The molecule has 0 spiro atoms. The van der Waals surface area contributed by atoms with Gasteiger partial charge in [0.15, 0.2) is 0 Å². The van der Waals surface area contributed by atoms with Crippen LogP contribution in [0.3, 0.4) is 0 Å². The molecule has 6 nitrogen and oxygen atoms in total. The number of ether oxygens (including phenoxy) is 1. The summed E-state index contributed by atoms with van der Waals surface area (Å²) in [7, 11) is 0. The van der Waals surface area contributed by atoms with E-state index in [-0.39, 0.29) is 24.6 Å². The van der Waals surface area contributed by atoms with Crippen molar-refractivity contribution in [3.8, 4) is 0 Å². The number of thiophene rings is 1. The molecular weight excluding hydrogens is 470 g/mol. The molecule has 1 aromatic heterocycles. The molecule has 3 aromatic rings. The number of aryl methyl sites for hydroxylation is 3. The lowest BCUT2D eigenvalue weighted by atomic mass is 10.1. The topological polar surface area (TPSA) is 61.9 Å². The first-order chi connectivity index (χ1) is 17.4. The van der Waals surface area contributed by atoms with E-state index in [4.69, 9.17) is 4.74 Å². The van der Waals surface area contributed by atoms with Crippen LogP contribution in [-0.2, 0) is 22.6 Å². The number of para-hydroxylation sites is 1. The number of carbonyl (C=O) groups is 2. The first-order valence-corrected chi connectivity index (χ1v) is 13.4. The van der Waals surface area contributed by atoms with Gasteiger partial charge >= 0.3 is 6.03 Å². The molecule has 7 heteroatoms. The van der Waals surface area contributed by atoms with Gasteiger partial charge in [0.2, 0.25) is 5.91 Å². The maximum atomic E-state index is 13.7. The molecule has 4 rings (SSSR count). The van der Waals surface area contributed by atoms with Crippen molar-refractivity contribution < 1.29 is 14.3 Å². The monoisotopic (exact) mass is 505 g/mol. The Kier molecular flexibility index (Phi) is 8.78. The average molecular weight is 506 g/mol. The summed E-state index contributed by atoms with van der Waals surface area (Å²) in [5.74, 6) is -0.0821. The number of carbonyl (C=O) groups excluding carboxylic acids is 2. The van der Waals surface area contributed by atoms with Crippen molar-refractivity contribution >= 4 is 29.0 Å². The molecule has 36 heavy (non-hydrogen) atoms. The third kappa shape index (κ3) is 6.74. The summed E-state index contributed by atoms with van der Waals surface area (Å²) in [6.45, 7) is 8.11. The number of nitrogens with zero attached hydrogens (tertiary/aromatic N) is 2. The summed E-state index contributed by atoms with van der Waals surface area (Å²) in [5.41, 5.74) is 5.01. The second-order valence-electron chi connectivity index (χ2n) is 9.47. The summed E-state index contributed by atoms with van der Waals surface area (Å²) in [5, 5.41) is 5.12. The van der Waals surface area contributed by atoms with Crippen LogP contribution in [0.5, 0.6) is 0 Å². The van der Waals surface area contributed by atoms with E-state index in [2.05, 4.69) is 23.7 Å². The molecule has 0 bridgehead atoms. The minimum absolute atomic E-state index is 0.00607. The number of rotatable bonds is 9. The van der Waals surface area contributed by atoms with Crippen molar-refractivity contribution in [2.75, 3.05) is 25.0 Å². The van der Waals surface area contributed by atoms with Crippen LogP contribution >= 0.6 is 11.3 Å². The Balaban J connectivity index is 1.54. The van der Waals surface area contributed by atoms with E-state index >= 15 is 0 Å². The smallest absolute Gasteiger partial charge is 0.322 e. The maximum absolute atomic E-state index is 13.7. The fourth-order valence-corrected chi connectivity index (χ4v) is 5.41. The minimum atomic E-state index is -0.275. The number of hydrogen-bond acceptors (Lipinski definition) is 4. The fourth-order valence-electron chi connectivity index (χ4n) is 4.49. The van der Waals surface area contributed by atoms with Crippen molar-refractivity contribution in [1.82, 2.24) is 9.80 Å². The van der Waals surface area contributed by atoms with Crippen molar-refractivity contribution in [3.05, 3.63) is 87.1 Å². The van der Waals surface area contributed by atoms with Gasteiger partial charge in [0.25, 0.3) is 0 Å². The highest BCUT2D eigenvalue weighted by molar-refractivity contribution is 7.10. The van der Waals surface area contributed by atoms with Crippen LogP contribution < -0.4 is 5.32 Å². The number of hydrogen-bond donors (Lipinski definition) is 1. The summed E-state index contributed by atoms with van der Waals surface area (Å²) < 4.78 is 5.83. The summed E-state index contributed by atoms with van der Waals surface area (Å²) in [6, 6.07) is 17.7. The molecule has 1 N–H and O–H groups in total. The zero-order chi connectivity index (χ0) is 25.5. The van der Waals surface area contributed by atoms with Gasteiger partial charge in [-0.2, -0.15) is 0 Å². The average Bonchev–Trinajstić information content (AvgIpc) is 3.53. The van der Waals surface area contributed by atoms with Crippen molar-refractivity contribution in [3.63, 3.8) is 0 Å². The molecule has 2 aromatic carbocycles. The van der Waals surface area contributed by atoms with Gasteiger partial charge < -0.3 is 19.9 Å². The lowest BCUT2D eigenvalue weighted by Gasteiger charge is -2.29. The van der Waals surface area contributed by atoms with Gasteiger partial charge in [-0.05, 0) is 67.3 Å². The van der Waals surface area contributed by atoms with E-state index in [0.717, 1.165) is 40.1 Å². The predicted octanol–water partition coefficient (Wildman–Crippen LogP) is 5.92. The van der Waals surface area contributed by atoms with E-state index in [1.807, 2.05) is 67.3 Å². The highest BCUT2D eigenvalue weighted by Crippen LogP contribution is 2.22. The lowest BCUT2D eigenvalue weighted by Crippen LogP contribution is -2.47. The Labute approximate surface area is 217 Å². The molecule has 1 aliphatic rings. The molecule has 0 radical (unpaired) electrons. The van der Waals surface area contributed by atoms with Crippen LogP contribution in [-0.4, -0.2) is 47.5 Å². The first-order valence-electron chi connectivity index (χ1n) is 12.5. The second-order valence-corrected chi connectivity index (χ2v) is 10.5. The minimum Gasteiger partial charge on any atom is -0.376 e. The Bertz CT molecular complexity index is 1150. The predicted molar refractivity (Wildman–Crippen MR) is 145 cm³/mol. The molecule has 0 saturated carbocycles. The van der Waals surface area contributed by atoms with Gasteiger partial charge in [-0.15, -0.1) is 11.3 Å². The fraction of sp³-hybridized carbons (Fsp3) is 0.379. The number of nitrogens with one attached hydrogen (secondary N) is 1. The largest absolute Gasteiger partial charge is 0.376 e. The van der Waals surface area contributed by atoms with Crippen LogP contribution in [0.4, 0.5) is 10.5 Å². The highest BCUT2D eigenvalue weighted by atomic mass is 32.1. The second kappa shape index (κ2) is 12.2. The Morgan fingerprint density at radius 2 is 1.69 bits per heavy atom. The van der Waals surface area contributed by atoms with Crippen LogP contribution in [0, 0.1) is 20.8 Å². The standard InChI is InChI=1S/C29H35N3O3S/c1-21-14-16-36-26(21)19-31(17-24-11-5-4-6-12-24)27(33)20-32(18-25-13-8-15-35-25)29(34)30-28-22(2)9-7-10-23(28)3/h4-7,9-12,14,16,25H,8,13,15,17-20H2,1-3H3,(H,30,34). The van der Waals surface area contributed by atoms with Crippen LogP contribution in [0.2, 0.25) is 0 Å². The summed E-state index contributed by atoms with van der Waals surface area (Å²) in [6.07, 6.45) is 1.82. The van der Waals surface area contributed by atoms with Gasteiger partial charge in [-0.3, -0.25) is 4.79 Å². The SMILES string of the molecule is Cc1ccsc1CN(Cc1ccccc1)C(=O)CN(CC1CCCO1)C(=O)Nc1c(C)cccc1C. The van der Waals surface area contributed by atoms with Gasteiger partial charge in [-0.25, -0.2) is 4.79 Å². The van der Waals surface area contributed by atoms with Crippen molar-refractivity contribution in [2.24, 2.45) is 0 Å². The highest BCUT2D eigenvalue weighted by Gasteiger charge is 2.27. The normalized spacial score (nSPS) is 15.0. The van der Waals surface area contributed by atoms with Gasteiger partial charge in [0, 0.05) is 30.3 Å². The zero-order valence-corrected chi connectivity index (χ0v) is 22.1. The van der Waals surface area contributed by atoms with Gasteiger partial charge in [0.1, 0.15) is 6.54 Å². The molecular formula is C29H35N3O3S. The molecule has 1 saturated heterocycles.